The minimum absolute atomic E-state index is 0.507. The van der Waals surface area contributed by atoms with Gasteiger partial charge in [-0.15, -0.1) is 0 Å². The van der Waals surface area contributed by atoms with E-state index in [2.05, 4.69) is 22.2 Å². The second-order valence-corrected chi connectivity index (χ2v) is 3.14. The first-order chi connectivity index (χ1) is 6.36. The van der Waals surface area contributed by atoms with Crippen molar-refractivity contribution in [3.63, 3.8) is 0 Å². The van der Waals surface area contributed by atoms with Crippen molar-refractivity contribution in [3.8, 4) is 0 Å². The average molecular weight is 179 g/mol. The van der Waals surface area contributed by atoms with Gasteiger partial charge in [-0.2, -0.15) is 0 Å². The van der Waals surface area contributed by atoms with Crippen molar-refractivity contribution in [1.82, 2.24) is 15.3 Å². The van der Waals surface area contributed by atoms with Crippen LogP contribution in [0, 0.1) is 0 Å². The molecule has 0 aromatic carbocycles. The third-order valence-corrected chi connectivity index (χ3v) is 2.09. The lowest BCUT2D eigenvalue weighted by Crippen LogP contribution is -2.28. The lowest BCUT2D eigenvalue weighted by molar-refractivity contribution is 0.503. The Bertz CT molecular complexity index is 223. The normalized spacial score (nSPS) is 12.8. The fraction of sp³-hybridized carbons (Fsp3) is 0.600. The number of nitrogens with zero attached hydrogens (tertiary/aromatic N) is 2. The van der Waals surface area contributed by atoms with Crippen LogP contribution in [0.2, 0.25) is 0 Å². The monoisotopic (exact) mass is 179 g/mol. The van der Waals surface area contributed by atoms with Crippen molar-refractivity contribution in [2.45, 2.75) is 32.2 Å². The van der Waals surface area contributed by atoms with E-state index < -0.39 is 0 Å². The molecule has 0 fully saturated rings. The molecule has 1 N–H and O–H groups in total. The molecule has 1 atom stereocenters. The minimum atomic E-state index is 0.507. The van der Waals surface area contributed by atoms with Crippen LogP contribution in [-0.2, 0) is 6.42 Å². The molecule has 13 heavy (non-hydrogen) atoms. The van der Waals surface area contributed by atoms with Crippen LogP contribution < -0.4 is 5.32 Å². The Balaban J connectivity index is 2.46. The SMILES string of the molecule is CCCC(Cc1ncccn1)NC. The van der Waals surface area contributed by atoms with Gasteiger partial charge in [0.2, 0.25) is 0 Å². The summed E-state index contributed by atoms with van der Waals surface area (Å²) in [5, 5.41) is 3.27. The van der Waals surface area contributed by atoms with Crippen molar-refractivity contribution in [2.75, 3.05) is 7.05 Å². The number of likely N-dealkylation sites (N-methyl/N-ethyl adjacent to an activating group) is 1. The predicted molar refractivity (Wildman–Crippen MR) is 53.5 cm³/mol. The zero-order chi connectivity index (χ0) is 9.52. The first-order valence-corrected chi connectivity index (χ1v) is 4.80. The molecule has 0 aliphatic rings. The summed E-state index contributed by atoms with van der Waals surface area (Å²) in [6.45, 7) is 2.19. The van der Waals surface area contributed by atoms with E-state index in [-0.39, 0.29) is 0 Å². The lowest BCUT2D eigenvalue weighted by Gasteiger charge is -2.13. The van der Waals surface area contributed by atoms with E-state index in [0.717, 1.165) is 12.2 Å². The Labute approximate surface area is 79.6 Å². The van der Waals surface area contributed by atoms with Crippen LogP contribution in [0.15, 0.2) is 18.5 Å². The summed E-state index contributed by atoms with van der Waals surface area (Å²) in [5.74, 6) is 0.926. The van der Waals surface area contributed by atoms with Gasteiger partial charge in [-0.3, -0.25) is 0 Å². The molecule has 1 unspecified atom stereocenters. The van der Waals surface area contributed by atoms with Crippen LogP contribution in [0.1, 0.15) is 25.6 Å². The maximum Gasteiger partial charge on any atom is 0.129 e. The van der Waals surface area contributed by atoms with Crippen LogP contribution in [0.4, 0.5) is 0 Å². The van der Waals surface area contributed by atoms with Gasteiger partial charge in [-0.25, -0.2) is 9.97 Å². The van der Waals surface area contributed by atoms with Crippen LogP contribution in [-0.4, -0.2) is 23.1 Å². The summed E-state index contributed by atoms with van der Waals surface area (Å²) in [6, 6.07) is 2.35. The molecule has 1 heterocycles. The van der Waals surface area contributed by atoms with Gasteiger partial charge in [0, 0.05) is 24.9 Å². The highest BCUT2D eigenvalue weighted by Gasteiger charge is 2.06. The fourth-order valence-corrected chi connectivity index (χ4v) is 1.35. The van der Waals surface area contributed by atoms with Gasteiger partial charge in [-0.05, 0) is 19.5 Å². The molecule has 0 amide bonds. The highest BCUT2D eigenvalue weighted by Crippen LogP contribution is 2.01. The summed E-state index contributed by atoms with van der Waals surface area (Å²) >= 11 is 0. The van der Waals surface area contributed by atoms with Gasteiger partial charge in [0.25, 0.3) is 0 Å². The summed E-state index contributed by atoms with van der Waals surface area (Å²) in [4.78, 5) is 8.40. The maximum absolute atomic E-state index is 4.20. The lowest BCUT2D eigenvalue weighted by atomic mass is 10.1. The molecule has 0 saturated carbocycles. The molecule has 3 nitrogen and oxygen atoms in total. The van der Waals surface area contributed by atoms with Crippen LogP contribution in [0.3, 0.4) is 0 Å². The fourth-order valence-electron chi connectivity index (χ4n) is 1.35. The molecule has 1 rings (SSSR count). The third kappa shape index (κ3) is 3.51. The molecule has 0 spiro atoms. The Morgan fingerprint density at radius 1 is 1.38 bits per heavy atom. The van der Waals surface area contributed by atoms with Crippen molar-refractivity contribution in [2.24, 2.45) is 0 Å². The standard InChI is InChI=1S/C10H17N3/c1-3-5-9(11-2)8-10-12-6-4-7-13-10/h4,6-7,9,11H,3,5,8H2,1-2H3. The van der Waals surface area contributed by atoms with E-state index in [9.17, 15) is 0 Å². The molecule has 0 aliphatic carbocycles. The Morgan fingerprint density at radius 2 is 2.08 bits per heavy atom. The Kier molecular flexibility index (Phi) is 4.40. The van der Waals surface area contributed by atoms with Crippen molar-refractivity contribution in [1.29, 1.82) is 0 Å². The second-order valence-electron chi connectivity index (χ2n) is 3.14. The molecular weight excluding hydrogens is 162 g/mol. The van der Waals surface area contributed by atoms with Gasteiger partial charge in [0.15, 0.2) is 0 Å². The van der Waals surface area contributed by atoms with E-state index in [1.54, 1.807) is 12.4 Å². The number of hydrogen-bond acceptors (Lipinski definition) is 3. The molecule has 0 bridgehead atoms. The van der Waals surface area contributed by atoms with Crippen molar-refractivity contribution < 1.29 is 0 Å². The molecule has 1 aromatic rings. The second kappa shape index (κ2) is 5.65. The van der Waals surface area contributed by atoms with Gasteiger partial charge in [-0.1, -0.05) is 13.3 Å². The molecule has 0 saturated heterocycles. The number of hydrogen-bond donors (Lipinski definition) is 1. The first-order valence-electron chi connectivity index (χ1n) is 4.80. The van der Waals surface area contributed by atoms with Crippen molar-refractivity contribution >= 4 is 0 Å². The van der Waals surface area contributed by atoms with E-state index in [1.807, 2.05) is 13.1 Å². The topological polar surface area (TPSA) is 37.8 Å². The van der Waals surface area contributed by atoms with Gasteiger partial charge in [0.1, 0.15) is 5.82 Å². The number of rotatable bonds is 5. The van der Waals surface area contributed by atoms with Gasteiger partial charge in [0.05, 0.1) is 0 Å². The molecular formula is C10H17N3. The van der Waals surface area contributed by atoms with Crippen LogP contribution in [0.25, 0.3) is 0 Å². The molecule has 1 aromatic heterocycles. The highest BCUT2D eigenvalue weighted by atomic mass is 14.9. The minimum Gasteiger partial charge on any atom is -0.317 e. The van der Waals surface area contributed by atoms with Crippen LogP contribution in [0.5, 0.6) is 0 Å². The summed E-state index contributed by atoms with van der Waals surface area (Å²) in [5.41, 5.74) is 0. The maximum atomic E-state index is 4.20. The van der Waals surface area contributed by atoms with Gasteiger partial charge < -0.3 is 5.32 Å². The Hall–Kier alpha value is -0.960. The van der Waals surface area contributed by atoms with Gasteiger partial charge >= 0.3 is 0 Å². The Morgan fingerprint density at radius 3 is 2.62 bits per heavy atom. The first kappa shape index (κ1) is 10.1. The van der Waals surface area contributed by atoms with Crippen LogP contribution >= 0.6 is 0 Å². The average Bonchev–Trinajstić information content (AvgIpc) is 2.19. The smallest absolute Gasteiger partial charge is 0.129 e. The number of aromatic nitrogens is 2. The van der Waals surface area contributed by atoms with E-state index in [1.165, 1.54) is 12.8 Å². The quantitative estimate of drug-likeness (QED) is 0.742. The van der Waals surface area contributed by atoms with E-state index in [4.69, 9.17) is 0 Å². The zero-order valence-electron chi connectivity index (χ0n) is 8.33. The number of nitrogens with one attached hydrogen (secondary N) is 1. The summed E-state index contributed by atoms with van der Waals surface area (Å²) < 4.78 is 0. The predicted octanol–water partition coefficient (Wildman–Crippen LogP) is 1.41. The molecule has 0 radical (unpaired) electrons. The summed E-state index contributed by atoms with van der Waals surface area (Å²) in [6.07, 6.45) is 6.88. The van der Waals surface area contributed by atoms with Crippen molar-refractivity contribution in [3.05, 3.63) is 24.3 Å². The zero-order valence-corrected chi connectivity index (χ0v) is 8.33. The van der Waals surface area contributed by atoms with E-state index >= 15 is 0 Å². The molecule has 3 heteroatoms. The summed E-state index contributed by atoms with van der Waals surface area (Å²) in [7, 11) is 1.99. The third-order valence-electron chi connectivity index (χ3n) is 2.09. The largest absolute Gasteiger partial charge is 0.317 e. The molecule has 72 valence electrons. The highest BCUT2D eigenvalue weighted by molar-refractivity contribution is 4.91. The van der Waals surface area contributed by atoms with E-state index in [0.29, 0.717) is 6.04 Å². The molecule has 0 aliphatic heterocycles.